The average Bonchev–Trinajstić information content (AvgIpc) is 2.38. The lowest BCUT2D eigenvalue weighted by Crippen LogP contribution is -2.43. The van der Waals surface area contributed by atoms with Gasteiger partial charge in [0.1, 0.15) is 6.54 Å². The lowest BCUT2D eigenvalue weighted by Gasteiger charge is -2.23. The quantitative estimate of drug-likeness (QED) is 0.286. The Morgan fingerprint density at radius 1 is 1.36 bits per heavy atom. The topological polar surface area (TPSA) is 56.7 Å². The highest BCUT2D eigenvalue weighted by molar-refractivity contribution is 14.0. The molecule has 0 bridgehead atoms. The van der Waals surface area contributed by atoms with Crippen LogP contribution >= 0.6 is 24.0 Å². The van der Waals surface area contributed by atoms with E-state index in [9.17, 15) is 4.79 Å². The highest BCUT2D eigenvalue weighted by Crippen LogP contribution is 2.21. The monoisotopic (exact) mass is 424 g/mol. The van der Waals surface area contributed by atoms with E-state index in [1.54, 1.807) is 20.2 Å². The van der Waals surface area contributed by atoms with Crippen LogP contribution in [-0.2, 0) is 4.79 Å². The second-order valence-electron chi connectivity index (χ2n) is 6.77. The van der Waals surface area contributed by atoms with Crippen LogP contribution in [0.5, 0.6) is 0 Å². The van der Waals surface area contributed by atoms with Crippen molar-refractivity contribution in [1.29, 1.82) is 0 Å². The molecule has 1 unspecified atom stereocenters. The highest BCUT2D eigenvalue weighted by Gasteiger charge is 2.13. The number of rotatable bonds is 7. The summed E-state index contributed by atoms with van der Waals surface area (Å²) in [6, 6.07) is 0.301. The minimum Gasteiger partial charge on any atom is -0.354 e. The van der Waals surface area contributed by atoms with Crippen molar-refractivity contribution in [3.8, 4) is 0 Å². The Morgan fingerprint density at radius 3 is 2.41 bits per heavy atom. The Bertz CT molecular complexity index is 362. The maximum atomic E-state index is 11.6. The number of carbonyl (C=O) groups excluding carboxylic acids is 1. The number of hydrogen-bond donors (Lipinski definition) is 2. The van der Waals surface area contributed by atoms with Crippen LogP contribution in [0.25, 0.3) is 0 Å². The molecule has 22 heavy (non-hydrogen) atoms. The van der Waals surface area contributed by atoms with E-state index in [0.29, 0.717) is 24.0 Å². The lowest BCUT2D eigenvalue weighted by molar-refractivity contribution is -0.127. The summed E-state index contributed by atoms with van der Waals surface area (Å²) in [4.78, 5) is 17.5. The molecule has 1 atom stereocenters. The van der Waals surface area contributed by atoms with Gasteiger partial charge in [0.2, 0.25) is 5.91 Å². The number of amides is 1. The summed E-state index contributed by atoms with van der Waals surface area (Å²) < 4.78 is 0. The predicted molar refractivity (Wildman–Crippen MR) is 106 cm³/mol. The normalized spacial score (nSPS) is 12.9. The van der Waals surface area contributed by atoms with Crippen molar-refractivity contribution in [3.63, 3.8) is 0 Å². The number of nitrogens with zero attached hydrogens (tertiary/aromatic N) is 2. The highest BCUT2D eigenvalue weighted by atomic mass is 127. The number of guanidine groups is 1. The molecule has 5 nitrogen and oxygen atoms in total. The van der Waals surface area contributed by atoms with Crippen LogP contribution < -0.4 is 10.6 Å². The molecule has 0 saturated heterocycles. The van der Waals surface area contributed by atoms with Crippen LogP contribution in [0.4, 0.5) is 0 Å². The standard InChI is InChI=1S/C16H32N4O.HI/c1-8-11-17-15(18-12-14(21)20(6)7)19-13(2)9-10-16(3,4)5;/h8,13H,1,9-12H2,2-7H3,(H2,17,18,19);1H. The largest absolute Gasteiger partial charge is 0.354 e. The van der Waals surface area contributed by atoms with E-state index < -0.39 is 0 Å². The van der Waals surface area contributed by atoms with Gasteiger partial charge in [0.05, 0.1) is 0 Å². The molecular formula is C16H33IN4O. The van der Waals surface area contributed by atoms with E-state index in [0.717, 1.165) is 12.8 Å². The summed E-state index contributed by atoms with van der Waals surface area (Å²) in [5.74, 6) is 0.642. The van der Waals surface area contributed by atoms with Crippen LogP contribution in [0.3, 0.4) is 0 Å². The van der Waals surface area contributed by atoms with E-state index >= 15 is 0 Å². The molecule has 130 valence electrons. The van der Waals surface area contributed by atoms with Crippen LogP contribution in [-0.4, -0.2) is 50.0 Å². The van der Waals surface area contributed by atoms with Gasteiger partial charge >= 0.3 is 0 Å². The van der Waals surface area contributed by atoms with E-state index in [1.807, 2.05) is 0 Å². The molecular weight excluding hydrogens is 391 g/mol. The molecule has 0 aromatic rings. The first-order chi connectivity index (χ1) is 9.65. The van der Waals surface area contributed by atoms with Gasteiger partial charge in [0.25, 0.3) is 0 Å². The first kappa shape index (κ1) is 23.5. The molecule has 0 aromatic heterocycles. The molecule has 2 N–H and O–H groups in total. The van der Waals surface area contributed by atoms with Gasteiger partial charge in [0, 0.05) is 26.7 Å². The van der Waals surface area contributed by atoms with Crippen molar-refractivity contribution in [2.75, 3.05) is 27.2 Å². The van der Waals surface area contributed by atoms with Crippen molar-refractivity contribution in [2.24, 2.45) is 10.4 Å². The third kappa shape index (κ3) is 12.9. The molecule has 0 aliphatic heterocycles. The van der Waals surface area contributed by atoms with Crippen LogP contribution in [0.15, 0.2) is 17.6 Å². The SMILES string of the molecule is C=CCNC(=NCC(=O)N(C)C)NC(C)CCC(C)(C)C.I. The zero-order valence-electron chi connectivity index (χ0n) is 14.9. The number of likely N-dealkylation sites (N-methyl/N-ethyl adjacent to an activating group) is 1. The summed E-state index contributed by atoms with van der Waals surface area (Å²) in [5.41, 5.74) is 0.322. The van der Waals surface area contributed by atoms with Crippen molar-refractivity contribution in [3.05, 3.63) is 12.7 Å². The molecule has 6 heteroatoms. The minimum absolute atomic E-state index is 0. The third-order valence-corrected chi connectivity index (χ3v) is 3.00. The average molecular weight is 424 g/mol. The number of carbonyl (C=O) groups is 1. The van der Waals surface area contributed by atoms with Crippen LogP contribution in [0.2, 0.25) is 0 Å². The van der Waals surface area contributed by atoms with Gasteiger partial charge in [-0.2, -0.15) is 0 Å². The fraction of sp³-hybridized carbons (Fsp3) is 0.750. The number of hydrogen-bond acceptors (Lipinski definition) is 2. The maximum absolute atomic E-state index is 11.6. The van der Waals surface area contributed by atoms with E-state index in [1.165, 1.54) is 4.90 Å². The first-order valence-electron chi connectivity index (χ1n) is 7.51. The summed E-state index contributed by atoms with van der Waals surface area (Å²) >= 11 is 0. The number of aliphatic imine (C=N–C) groups is 1. The van der Waals surface area contributed by atoms with E-state index in [2.05, 4.69) is 49.9 Å². The molecule has 0 rings (SSSR count). The molecule has 0 aliphatic carbocycles. The summed E-state index contributed by atoms with van der Waals surface area (Å²) in [6.07, 6.45) is 3.96. The molecule has 0 spiro atoms. The van der Waals surface area contributed by atoms with Gasteiger partial charge < -0.3 is 15.5 Å². The van der Waals surface area contributed by atoms with Gasteiger partial charge in [-0.3, -0.25) is 4.79 Å². The minimum atomic E-state index is -0.0166. The molecule has 1 amide bonds. The van der Waals surface area contributed by atoms with Crippen LogP contribution in [0.1, 0.15) is 40.5 Å². The molecule has 0 saturated carbocycles. The molecule has 0 fully saturated rings. The van der Waals surface area contributed by atoms with Gasteiger partial charge in [0.15, 0.2) is 5.96 Å². The molecule has 0 heterocycles. The Hall–Kier alpha value is -0.790. The van der Waals surface area contributed by atoms with Crippen molar-refractivity contribution in [2.45, 2.75) is 46.6 Å². The fourth-order valence-corrected chi connectivity index (χ4v) is 1.56. The Balaban J connectivity index is 0. The fourth-order valence-electron chi connectivity index (χ4n) is 1.56. The number of halogens is 1. The summed E-state index contributed by atoms with van der Waals surface area (Å²) in [6.45, 7) is 13.3. The van der Waals surface area contributed by atoms with Crippen molar-refractivity contribution in [1.82, 2.24) is 15.5 Å². The zero-order chi connectivity index (χ0) is 16.5. The second-order valence-corrected chi connectivity index (χ2v) is 6.77. The van der Waals surface area contributed by atoms with Crippen LogP contribution in [0, 0.1) is 5.41 Å². The Kier molecular flexibility index (Phi) is 12.5. The van der Waals surface area contributed by atoms with Gasteiger partial charge in [-0.15, -0.1) is 30.6 Å². The smallest absolute Gasteiger partial charge is 0.243 e. The Labute approximate surface area is 153 Å². The summed E-state index contributed by atoms with van der Waals surface area (Å²) in [5, 5.41) is 6.48. The zero-order valence-corrected chi connectivity index (χ0v) is 17.2. The third-order valence-electron chi connectivity index (χ3n) is 3.00. The van der Waals surface area contributed by atoms with Gasteiger partial charge in [-0.05, 0) is 25.2 Å². The Morgan fingerprint density at radius 2 is 1.95 bits per heavy atom. The molecule has 0 aromatic carbocycles. The molecule has 0 aliphatic rings. The summed E-state index contributed by atoms with van der Waals surface area (Å²) in [7, 11) is 3.46. The maximum Gasteiger partial charge on any atom is 0.243 e. The van der Waals surface area contributed by atoms with E-state index in [-0.39, 0.29) is 36.4 Å². The van der Waals surface area contributed by atoms with Crippen molar-refractivity contribution >= 4 is 35.8 Å². The van der Waals surface area contributed by atoms with Gasteiger partial charge in [-0.25, -0.2) is 4.99 Å². The van der Waals surface area contributed by atoms with E-state index in [4.69, 9.17) is 0 Å². The van der Waals surface area contributed by atoms with Crippen molar-refractivity contribution < 1.29 is 4.79 Å². The first-order valence-corrected chi connectivity index (χ1v) is 7.51. The van der Waals surface area contributed by atoms with Gasteiger partial charge in [-0.1, -0.05) is 26.8 Å². The predicted octanol–water partition coefficient (Wildman–Crippen LogP) is 2.63. The lowest BCUT2D eigenvalue weighted by atomic mass is 9.89. The number of nitrogens with one attached hydrogen (secondary N) is 2. The second kappa shape index (κ2) is 11.7. The molecule has 0 radical (unpaired) electrons.